The fraction of sp³-hybridized carbons (Fsp3) is 0.647. The second kappa shape index (κ2) is 7.66. The zero-order valence-electron chi connectivity index (χ0n) is 13.1. The number of hydrogen-bond donors (Lipinski definition) is 1. The number of hydrogen-bond acceptors (Lipinski definition) is 2. The standard InChI is InChI=1S/C17H30N2/c1-5-15-6-8-16(9-7-15)10-13-19(4)14-17(2,3)11-12-18/h6-9H,5,10-14,18H2,1-4H3. The van der Waals surface area contributed by atoms with Crippen LogP contribution in [0.25, 0.3) is 0 Å². The summed E-state index contributed by atoms with van der Waals surface area (Å²) < 4.78 is 0. The highest BCUT2D eigenvalue weighted by atomic mass is 15.1. The van der Waals surface area contributed by atoms with Crippen molar-refractivity contribution in [3.8, 4) is 0 Å². The molecule has 0 bridgehead atoms. The largest absolute Gasteiger partial charge is 0.330 e. The third kappa shape index (κ3) is 6.22. The quantitative estimate of drug-likeness (QED) is 0.780. The molecule has 1 aromatic rings. The van der Waals surface area contributed by atoms with Crippen molar-refractivity contribution in [2.24, 2.45) is 11.1 Å². The van der Waals surface area contributed by atoms with Crippen LogP contribution in [0.5, 0.6) is 0 Å². The van der Waals surface area contributed by atoms with E-state index in [1.165, 1.54) is 11.1 Å². The molecule has 0 atom stereocenters. The van der Waals surface area contributed by atoms with Gasteiger partial charge in [0.1, 0.15) is 0 Å². The number of nitrogens with two attached hydrogens (primary N) is 1. The van der Waals surface area contributed by atoms with E-state index in [0.717, 1.165) is 38.9 Å². The maximum atomic E-state index is 5.66. The monoisotopic (exact) mass is 262 g/mol. The molecule has 0 unspecified atom stereocenters. The summed E-state index contributed by atoms with van der Waals surface area (Å²) in [4.78, 5) is 2.42. The van der Waals surface area contributed by atoms with Crippen LogP contribution in [0.15, 0.2) is 24.3 Å². The van der Waals surface area contributed by atoms with Gasteiger partial charge in [-0.05, 0) is 49.4 Å². The first-order valence-electron chi connectivity index (χ1n) is 7.43. The first kappa shape index (κ1) is 16.2. The number of aryl methyl sites for hydroxylation is 1. The molecule has 0 saturated carbocycles. The Bertz CT molecular complexity index is 354. The van der Waals surface area contributed by atoms with Crippen molar-refractivity contribution < 1.29 is 0 Å². The summed E-state index contributed by atoms with van der Waals surface area (Å²) in [6, 6.07) is 9.01. The van der Waals surface area contributed by atoms with Crippen molar-refractivity contribution in [1.29, 1.82) is 0 Å². The Hall–Kier alpha value is -0.860. The summed E-state index contributed by atoms with van der Waals surface area (Å²) in [6.07, 6.45) is 3.33. The highest BCUT2D eigenvalue weighted by Gasteiger charge is 2.18. The fourth-order valence-corrected chi connectivity index (χ4v) is 2.54. The van der Waals surface area contributed by atoms with Crippen LogP contribution in [0.2, 0.25) is 0 Å². The van der Waals surface area contributed by atoms with Gasteiger partial charge in [0.2, 0.25) is 0 Å². The van der Waals surface area contributed by atoms with Gasteiger partial charge in [0, 0.05) is 13.1 Å². The molecule has 0 radical (unpaired) electrons. The zero-order valence-corrected chi connectivity index (χ0v) is 13.1. The number of rotatable bonds is 8. The van der Waals surface area contributed by atoms with Gasteiger partial charge in [-0.15, -0.1) is 0 Å². The molecule has 2 nitrogen and oxygen atoms in total. The Labute approximate surface area is 119 Å². The average molecular weight is 262 g/mol. The molecule has 0 fully saturated rings. The van der Waals surface area contributed by atoms with Crippen molar-refractivity contribution in [2.75, 3.05) is 26.7 Å². The molecule has 2 heteroatoms. The van der Waals surface area contributed by atoms with Gasteiger partial charge in [0.05, 0.1) is 0 Å². The van der Waals surface area contributed by atoms with E-state index in [1.54, 1.807) is 0 Å². The third-order valence-electron chi connectivity index (χ3n) is 3.73. The number of nitrogens with zero attached hydrogens (tertiary/aromatic N) is 1. The van der Waals surface area contributed by atoms with Gasteiger partial charge in [-0.3, -0.25) is 0 Å². The van der Waals surface area contributed by atoms with Gasteiger partial charge in [0.15, 0.2) is 0 Å². The highest BCUT2D eigenvalue weighted by molar-refractivity contribution is 5.22. The van der Waals surface area contributed by atoms with E-state index in [-0.39, 0.29) is 0 Å². The second-order valence-corrected chi connectivity index (χ2v) is 6.36. The van der Waals surface area contributed by atoms with Crippen LogP contribution in [0.4, 0.5) is 0 Å². The molecule has 1 aromatic carbocycles. The molecule has 0 spiro atoms. The SMILES string of the molecule is CCc1ccc(CCN(C)CC(C)(C)CCN)cc1. The Morgan fingerprint density at radius 2 is 1.68 bits per heavy atom. The summed E-state index contributed by atoms with van der Waals surface area (Å²) in [5, 5.41) is 0. The summed E-state index contributed by atoms with van der Waals surface area (Å²) in [7, 11) is 2.21. The van der Waals surface area contributed by atoms with E-state index in [2.05, 4.69) is 57.0 Å². The van der Waals surface area contributed by atoms with E-state index < -0.39 is 0 Å². The number of benzene rings is 1. The summed E-state index contributed by atoms with van der Waals surface area (Å²) in [5.41, 5.74) is 8.83. The van der Waals surface area contributed by atoms with Gasteiger partial charge >= 0.3 is 0 Å². The molecule has 2 N–H and O–H groups in total. The van der Waals surface area contributed by atoms with Crippen LogP contribution in [-0.2, 0) is 12.8 Å². The van der Waals surface area contributed by atoms with Crippen LogP contribution < -0.4 is 5.73 Å². The minimum atomic E-state index is 0.315. The van der Waals surface area contributed by atoms with Gasteiger partial charge in [0.25, 0.3) is 0 Å². The molecule has 0 aliphatic rings. The topological polar surface area (TPSA) is 29.3 Å². The lowest BCUT2D eigenvalue weighted by Gasteiger charge is -2.30. The lowest BCUT2D eigenvalue weighted by molar-refractivity contribution is 0.202. The van der Waals surface area contributed by atoms with Crippen molar-refractivity contribution in [2.45, 2.75) is 40.0 Å². The Morgan fingerprint density at radius 3 is 2.21 bits per heavy atom. The second-order valence-electron chi connectivity index (χ2n) is 6.36. The average Bonchev–Trinajstić information content (AvgIpc) is 2.36. The predicted octanol–water partition coefficient (Wildman–Crippen LogP) is 3.10. The molecule has 0 heterocycles. The Balaban J connectivity index is 2.38. The van der Waals surface area contributed by atoms with Crippen LogP contribution >= 0.6 is 0 Å². The summed E-state index contributed by atoms with van der Waals surface area (Å²) >= 11 is 0. The van der Waals surface area contributed by atoms with E-state index in [4.69, 9.17) is 5.73 Å². The van der Waals surface area contributed by atoms with Crippen LogP contribution in [-0.4, -0.2) is 31.6 Å². The molecule has 0 amide bonds. The lowest BCUT2D eigenvalue weighted by Crippen LogP contribution is -2.34. The van der Waals surface area contributed by atoms with Crippen LogP contribution in [0.1, 0.15) is 38.3 Å². The lowest BCUT2D eigenvalue weighted by atomic mass is 9.89. The number of likely N-dealkylation sites (N-methyl/N-ethyl adjacent to an activating group) is 1. The molecule has 1 rings (SSSR count). The summed E-state index contributed by atoms with van der Waals surface area (Å²) in [5.74, 6) is 0. The predicted molar refractivity (Wildman–Crippen MR) is 84.5 cm³/mol. The smallest absolute Gasteiger partial charge is 0.00302 e. The van der Waals surface area contributed by atoms with Crippen molar-refractivity contribution in [3.63, 3.8) is 0 Å². The molecule has 0 aromatic heterocycles. The molecule has 0 aliphatic heterocycles. The van der Waals surface area contributed by atoms with Crippen molar-refractivity contribution in [1.82, 2.24) is 4.90 Å². The molecular weight excluding hydrogens is 232 g/mol. The van der Waals surface area contributed by atoms with Crippen LogP contribution in [0, 0.1) is 5.41 Å². The Morgan fingerprint density at radius 1 is 1.11 bits per heavy atom. The van der Waals surface area contributed by atoms with Crippen LogP contribution in [0.3, 0.4) is 0 Å². The van der Waals surface area contributed by atoms with E-state index >= 15 is 0 Å². The van der Waals surface area contributed by atoms with Crippen molar-refractivity contribution in [3.05, 3.63) is 35.4 Å². The van der Waals surface area contributed by atoms with Gasteiger partial charge in [-0.25, -0.2) is 0 Å². The maximum absolute atomic E-state index is 5.66. The molecule has 0 saturated heterocycles. The first-order valence-corrected chi connectivity index (χ1v) is 7.43. The molecule has 0 aliphatic carbocycles. The summed E-state index contributed by atoms with van der Waals surface area (Å²) in [6.45, 7) is 9.79. The fourth-order valence-electron chi connectivity index (χ4n) is 2.54. The minimum Gasteiger partial charge on any atom is -0.330 e. The van der Waals surface area contributed by atoms with E-state index in [9.17, 15) is 0 Å². The highest BCUT2D eigenvalue weighted by Crippen LogP contribution is 2.20. The van der Waals surface area contributed by atoms with E-state index in [1.807, 2.05) is 0 Å². The Kier molecular flexibility index (Phi) is 6.53. The van der Waals surface area contributed by atoms with E-state index in [0.29, 0.717) is 5.41 Å². The zero-order chi connectivity index (χ0) is 14.3. The van der Waals surface area contributed by atoms with Crippen molar-refractivity contribution >= 4 is 0 Å². The molecule has 19 heavy (non-hydrogen) atoms. The molecule has 108 valence electrons. The maximum Gasteiger partial charge on any atom is 0.00302 e. The third-order valence-corrected chi connectivity index (χ3v) is 3.73. The van der Waals surface area contributed by atoms with Gasteiger partial charge < -0.3 is 10.6 Å². The van der Waals surface area contributed by atoms with Gasteiger partial charge in [-0.2, -0.15) is 0 Å². The first-order chi connectivity index (χ1) is 8.96. The molecular formula is C17H30N2. The minimum absolute atomic E-state index is 0.315. The van der Waals surface area contributed by atoms with Gasteiger partial charge in [-0.1, -0.05) is 45.0 Å². The normalized spacial score (nSPS) is 12.1.